The SMILES string of the molecule is C=CCn1c(COc2ccc(Cl)cc2)nnc1SCCn1c(C)csc1=O. The van der Waals surface area contributed by atoms with Crippen LogP contribution in [0.25, 0.3) is 0 Å². The number of aromatic nitrogens is 4. The van der Waals surface area contributed by atoms with E-state index >= 15 is 0 Å². The fourth-order valence-electron chi connectivity index (χ4n) is 2.43. The Morgan fingerprint density at radius 2 is 2.07 bits per heavy atom. The molecular formula is C18H19ClN4O2S2. The molecule has 0 fully saturated rings. The average molecular weight is 423 g/mol. The third-order valence-corrected chi connectivity index (χ3v) is 5.89. The third-order valence-electron chi connectivity index (χ3n) is 3.81. The zero-order chi connectivity index (χ0) is 19.2. The van der Waals surface area contributed by atoms with Gasteiger partial charge in [-0.05, 0) is 31.2 Å². The molecule has 2 aromatic heterocycles. The first-order valence-electron chi connectivity index (χ1n) is 8.27. The minimum Gasteiger partial charge on any atom is -0.486 e. The summed E-state index contributed by atoms with van der Waals surface area (Å²) in [4.78, 5) is 11.9. The summed E-state index contributed by atoms with van der Waals surface area (Å²) >= 11 is 8.67. The van der Waals surface area contributed by atoms with Crippen LogP contribution >= 0.6 is 34.7 Å². The Balaban J connectivity index is 1.64. The molecule has 0 aliphatic rings. The van der Waals surface area contributed by atoms with Crippen molar-refractivity contribution in [3.05, 3.63) is 68.5 Å². The molecule has 2 heterocycles. The monoisotopic (exact) mass is 422 g/mol. The van der Waals surface area contributed by atoms with Crippen LogP contribution in [-0.2, 0) is 19.7 Å². The van der Waals surface area contributed by atoms with Gasteiger partial charge in [0.05, 0.1) is 0 Å². The summed E-state index contributed by atoms with van der Waals surface area (Å²) in [7, 11) is 0. The number of hydrogen-bond acceptors (Lipinski definition) is 6. The smallest absolute Gasteiger partial charge is 0.307 e. The van der Waals surface area contributed by atoms with E-state index in [9.17, 15) is 4.79 Å². The van der Waals surface area contributed by atoms with E-state index in [0.717, 1.165) is 22.4 Å². The molecule has 0 aliphatic carbocycles. The van der Waals surface area contributed by atoms with Gasteiger partial charge in [-0.25, -0.2) is 0 Å². The molecule has 9 heteroatoms. The van der Waals surface area contributed by atoms with Crippen molar-refractivity contribution in [2.24, 2.45) is 0 Å². The van der Waals surface area contributed by atoms with E-state index in [1.165, 1.54) is 11.3 Å². The third kappa shape index (κ3) is 5.03. The normalized spacial score (nSPS) is 10.9. The molecule has 0 aliphatic heterocycles. The van der Waals surface area contributed by atoms with Gasteiger partial charge in [-0.1, -0.05) is 40.8 Å². The van der Waals surface area contributed by atoms with E-state index in [-0.39, 0.29) is 4.87 Å². The van der Waals surface area contributed by atoms with E-state index in [1.807, 2.05) is 29.0 Å². The fraction of sp³-hybridized carbons (Fsp3) is 0.278. The van der Waals surface area contributed by atoms with Crippen molar-refractivity contribution < 1.29 is 4.74 Å². The van der Waals surface area contributed by atoms with Gasteiger partial charge in [0.2, 0.25) is 0 Å². The number of thioether (sulfide) groups is 1. The largest absolute Gasteiger partial charge is 0.486 e. The highest BCUT2D eigenvalue weighted by Gasteiger charge is 2.13. The Morgan fingerprint density at radius 3 is 2.74 bits per heavy atom. The van der Waals surface area contributed by atoms with Crippen LogP contribution in [-0.4, -0.2) is 25.1 Å². The number of nitrogens with zero attached hydrogens (tertiary/aromatic N) is 4. The van der Waals surface area contributed by atoms with Crippen molar-refractivity contribution in [2.75, 3.05) is 5.75 Å². The minimum atomic E-state index is 0.0673. The average Bonchev–Trinajstić information content (AvgIpc) is 3.19. The zero-order valence-corrected chi connectivity index (χ0v) is 17.2. The van der Waals surface area contributed by atoms with Crippen LogP contribution in [0.15, 0.2) is 52.3 Å². The first-order chi connectivity index (χ1) is 13.1. The number of halogens is 1. The van der Waals surface area contributed by atoms with E-state index in [0.29, 0.717) is 30.5 Å². The lowest BCUT2D eigenvalue weighted by molar-refractivity contribution is 0.289. The molecule has 0 atom stereocenters. The summed E-state index contributed by atoms with van der Waals surface area (Å²) in [5.41, 5.74) is 0.982. The summed E-state index contributed by atoms with van der Waals surface area (Å²) < 4.78 is 9.52. The van der Waals surface area contributed by atoms with Gasteiger partial charge in [-0.3, -0.25) is 9.36 Å². The number of thiazole rings is 1. The molecule has 27 heavy (non-hydrogen) atoms. The van der Waals surface area contributed by atoms with Gasteiger partial charge in [0.1, 0.15) is 12.4 Å². The molecule has 3 rings (SSSR count). The predicted molar refractivity (Wildman–Crippen MR) is 110 cm³/mol. The molecule has 0 unspecified atom stereocenters. The van der Waals surface area contributed by atoms with Crippen LogP contribution in [0.3, 0.4) is 0 Å². The van der Waals surface area contributed by atoms with Gasteiger partial charge >= 0.3 is 4.87 Å². The Bertz CT molecular complexity index is 963. The molecular weight excluding hydrogens is 404 g/mol. The predicted octanol–water partition coefficient (Wildman–Crippen LogP) is 4.02. The first-order valence-corrected chi connectivity index (χ1v) is 10.5. The standard InChI is InChI=1S/C18H19ClN4O2S2/c1-3-8-23-16(11-25-15-6-4-14(19)5-7-15)20-21-17(23)26-10-9-22-13(2)12-27-18(22)24/h3-7,12H,1,8-11H2,2H3. The van der Waals surface area contributed by atoms with Crippen LogP contribution in [0.4, 0.5) is 0 Å². The topological polar surface area (TPSA) is 61.9 Å². The summed E-state index contributed by atoms with van der Waals surface area (Å²) in [6, 6.07) is 7.18. The van der Waals surface area contributed by atoms with Crippen LogP contribution in [0.1, 0.15) is 11.5 Å². The van der Waals surface area contributed by atoms with Gasteiger partial charge in [-0.2, -0.15) is 0 Å². The number of allylic oxidation sites excluding steroid dienone is 1. The lowest BCUT2D eigenvalue weighted by atomic mass is 10.3. The maximum absolute atomic E-state index is 11.8. The summed E-state index contributed by atoms with van der Waals surface area (Å²) in [6.07, 6.45) is 1.80. The first kappa shape index (κ1) is 19.7. The molecule has 0 spiro atoms. The van der Waals surface area contributed by atoms with Crippen molar-refractivity contribution in [2.45, 2.75) is 31.8 Å². The van der Waals surface area contributed by atoms with Crippen LogP contribution < -0.4 is 9.61 Å². The summed E-state index contributed by atoms with van der Waals surface area (Å²) in [6.45, 7) is 7.27. The Labute approximate surface area is 170 Å². The Morgan fingerprint density at radius 1 is 1.30 bits per heavy atom. The number of benzene rings is 1. The lowest BCUT2D eigenvalue weighted by Gasteiger charge is -2.09. The maximum atomic E-state index is 11.8. The number of aryl methyl sites for hydroxylation is 1. The lowest BCUT2D eigenvalue weighted by Crippen LogP contribution is -2.16. The van der Waals surface area contributed by atoms with Crippen molar-refractivity contribution in [3.63, 3.8) is 0 Å². The van der Waals surface area contributed by atoms with Gasteiger partial charge in [0.15, 0.2) is 11.0 Å². The Hall–Kier alpha value is -2.03. The highest BCUT2D eigenvalue weighted by atomic mass is 35.5. The van der Waals surface area contributed by atoms with Crippen molar-refractivity contribution in [3.8, 4) is 5.75 Å². The van der Waals surface area contributed by atoms with E-state index in [1.54, 1.807) is 34.5 Å². The molecule has 0 bridgehead atoms. The van der Waals surface area contributed by atoms with Gasteiger partial charge in [-0.15, -0.1) is 16.8 Å². The second kappa shape index (κ2) is 9.25. The Kier molecular flexibility index (Phi) is 6.76. The molecule has 0 radical (unpaired) electrons. The minimum absolute atomic E-state index is 0.0673. The maximum Gasteiger partial charge on any atom is 0.307 e. The number of hydrogen-bond donors (Lipinski definition) is 0. The van der Waals surface area contributed by atoms with Gasteiger partial charge < -0.3 is 9.30 Å². The van der Waals surface area contributed by atoms with Crippen molar-refractivity contribution >= 4 is 34.7 Å². The molecule has 3 aromatic rings. The molecule has 0 saturated heterocycles. The van der Waals surface area contributed by atoms with Crippen LogP contribution in [0.2, 0.25) is 5.02 Å². The second-order valence-electron chi connectivity index (χ2n) is 5.68. The number of rotatable bonds is 9. The van der Waals surface area contributed by atoms with Crippen LogP contribution in [0, 0.1) is 6.92 Å². The quantitative estimate of drug-likeness (QED) is 0.385. The molecule has 142 valence electrons. The van der Waals surface area contributed by atoms with Gasteiger partial charge in [0.25, 0.3) is 0 Å². The molecule has 0 saturated carbocycles. The second-order valence-corrected chi connectivity index (χ2v) is 8.00. The highest BCUT2D eigenvalue weighted by Crippen LogP contribution is 2.20. The zero-order valence-electron chi connectivity index (χ0n) is 14.8. The molecule has 0 amide bonds. The summed E-state index contributed by atoms with van der Waals surface area (Å²) in [5, 5.41) is 11.8. The van der Waals surface area contributed by atoms with E-state index in [4.69, 9.17) is 16.3 Å². The molecule has 1 aromatic carbocycles. The number of ether oxygens (including phenoxy) is 1. The van der Waals surface area contributed by atoms with Crippen molar-refractivity contribution in [1.29, 1.82) is 0 Å². The van der Waals surface area contributed by atoms with Gasteiger partial charge in [0, 0.05) is 34.9 Å². The molecule has 6 nitrogen and oxygen atoms in total. The van der Waals surface area contributed by atoms with E-state index in [2.05, 4.69) is 16.8 Å². The summed E-state index contributed by atoms with van der Waals surface area (Å²) in [5.74, 6) is 2.16. The van der Waals surface area contributed by atoms with E-state index < -0.39 is 0 Å². The fourth-order valence-corrected chi connectivity index (χ4v) is 4.20. The molecule has 0 N–H and O–H groups in total. The van der Waals surface area contributed by atoms with Crippen molar-refractivity contribution in [1.82, 2.24) is 19.3 Å². The van der Waals surface area contributed by atoms with Crippen LogP contribution in [0.5, 0.6) is 5.75 Å². The highest BCUT2D eigenvalue weighted by molar-refractivity contribution is 7.99.